The first-order valence-corrected chi connectivity index (χ1v) is 5.07. The van der Waals surface area contributed by atoms with Gasteiger partial charge in [-0.25, -0.2) is 4.98 Å². The first kappa shape index (κ1) is 9.48. The quantitative estimate of drug-likeness (QED) is 0.814. The lowest BCUT2D eigenvalue weighted by Crippen LogP contribution is -2.09. The maximum absolute atomic E-state index is 5.80. The largest absolute Gasteiger partial charge is 0.399 e. The number of nitrogens with two attached hydrogens (primary N) is 2. The molecule has 2 heterocycles. The van der Waals surface area contributed by atoms with Crippen LogP contribution in [0.15, 0.2) is 22.9 Å². The van der Waals surface area contributed by atoms with E-state index in [1.807, 2.05) is 29.7 Å². The van der Waals surface area contributed by atoms with E-state index >= 15 is 0 Å². The molecule has 0 saturated carbocycles. The molecule has 1 unspecified atom stereocenters. The van der Waals surface area contributed by atoms with E-state index in [1.165, 1.54) is 0 Å². The highest BCUT2D eigenvalue weighted by Gasteiger charge is 2.11. The van der Waals surface area contributed by atoms with E-state index in [2.05, 4.69) is 20.9 Å². The molecular weight excluding hydrogens is 244 g/mol. The zero-order valence-electron chi connectivity index (χ0n) is 7.74. The highest BCUT2D eigenvalue weighted by atomic mass is 79.9. The monoisotopic (exact) mass is 254 g/mol. The molecule has 0 amide bonds. The standard InChI is InChI=1S/C9H11BrN4/c1-5(11)9-13-8(10)7-4-6(12)2-3-14(7)9/h2-5H,11-12H2,1H3. The highest BCUT2D eigenvalue weighted by Crippen LogP contribution is 2.23. The normalized spacial score (nSPS) is 13.4. The predicted molar refractivity (Wildman–Crippen MR) is 59.9 cm³/mol. The summed E-state index contributed by atoms with van der Waals surface area (Å²) in [6.07, 6.45) is 1.88. The van der Waals surface area contributed by atoms with E-state index in [-0.39, 0.29) is 6.04 Å². The molecule has 5 heteroatoms. The molecule has 2 rings (SSSR count). The summed E-state index contributed by atoms with van der Waals surface area (Å²) in [6, 6.07) is 3.59. The second kappa shape index (κ2) is 3.25. The molecule has 2 aromatic heterocycles. The maximum atomic E-state index is 5.80. The van der Waals surface area contributed by atoms with Crippen molar-refractivity contribution in [3.63, 3.8) is 0 Å². The lowest BCUT2D eigenvalue weighted by atomic mass is 10.3. The van der Waals surface area contributed by atoms with Gasteiger partial charge >= 0.3 is 0 Å². The summed E-state index contributed by atoms with van der Waals surface area (Å²) in [5.74, 6) is 0.826. The van der Waals surface area contributed by atoms with Gasteiger partial charge in [0.05, 0.1) is 11.6 Å². The zero-order valence-corrected chi connectivity index (χ0v) is 9.32. The minimum Gasteiger partial charge on any atom is -0.399 e. The Kier molecular flexibility index (Phi) is 2.20. The molecule has 1 atom stereocenters. The van der Waals surface area contributed by atoms with Crippen molar-refractivity contribution in [2.24, 2.45) is 5.73 Å². The van der Waals surface area contributed by atoms with Crippen molar-refractivity contribution in [1.29, 1.82) is 0 Å². The number of anilines is 1. The van der Waals surface area contributed by atoms with E-state index in [4.69, 9.17) is 11.5 Å². The number of pyridine rings is 1. The number of halogens is 1. The molecule has 0 aliphatic heterocycles. The molecule has 0 aliphatic carbocycles. The summed E-state index contributed by atoms with van der Waals surface area (Å²) < 4.78 is 2.71. The minimum absolute atomic E-state index is 0.0996. The number of nitrogen functional groups attached to an aromatic ring is 1. The Hall–Kier alpha value is -1.07. The number of hydrogen-bond donors (Lipinski definition) is 2. The number of imidazole rings is 1. The number of fused-ring (bicyclic) bond motifs is 1. The van der Waals surface area contributed by atoms with Gasteiger partial charge in [0.1, 0.15) is 10.4 Å². The minimum atomic E-state index is -0.0996. The van der Waals surface area contributed by atoms with Crippen molar-refractivity contribution in [2.75, 3.05) is 5.73 Å². The molecule has 0 bridgehead atoms. The third kappa shape index (κ3) is 1.38. The Labute approximate surface area is 90.0 Å². The lowest BCUT2D eigenvalue weighted by molar-refractivity contribution is 0.735. The zero-order chi connectivity index (χ0) is 10.3. The van der Waals surface area contributed by atoms with Gasteiger partial charge in [-0.3, -0.25) is 0 Å². The first-order chi connectivity index (χ1) is 6.59. The van der Waals surface area contributed by atoms with Crippen molar-refractivity contribution in [3.8, 4) is 0 Å². The fourth-order valence-corrected chi connectivity index (χ4v) is 1.90. The van der Waals surface area contributed by atoms with Gasteiger partial charge < -0.3 is 15.9 Å². The number of nitrogens with zero attached hydrogens (tertiary/aromatic N) is 2. The van der Waals surface area contributed by atoms with Crippen LogP contribution in [0.2, 0.25) is 0 Å². The Balaban J connectivity index is 2.77. The van der Waals surface area contributed by atoms with Crippen molar-refractivity contribution in [3.05, 3.63) is 28.8 Å². The second-order valence-electron chi connectivity index (χ2n) is 3.26. The third-order valence-corrected chi connectivity index (χ3v) is 2.64. The van der Waals surface area contributed by atoms with Crippen LogP contribution < -0.4 is 11.5 Å². The molecule has 74 valence electrons. The molecule has 4 N–H and O–H groups in total. The van der Waals surface area contributed by atoms with Crippen LogP contribution in [-0.4, -0.2) is 9.38 Å². The Morgan fingerprint density at radius 3 is 2.93 bits per heavy atom. The van der Waals surface area contributed by atoms with Gasteiger partial charge in [0.25, 0.3) is 0 Å². The topological polar surface area (TPSA) is 69.3 Å². The van der Waals surface area contributed by atoms with Crippen molar-refractivity contribution >= 4 is 27.1 Å². The Morgan fingerprint density at radius 1 is 1.57 bits per heavy atom. The van der Waals surface area contributed by atoms with E-state index in [0.29, 0.717) is 5.69 Å². The van der Waals surface area contributed by atoms with Gasteiger partial charge in [-0.15, -0.1) is 0 Å². The summed E-state index contributed by atoms with van der Waals surface area (Å²) >= 11 is 3.38. The molecule has 0 aliphatic rings. The molecule has 0 spiro atoms. The van der Waals surface area contributed by atoms with Crippen LogP contribution in [0.3, 0.4) is 0 Å². The van der Waals surface area contributed by atoms with Crippen LogP contribution in [0.1, 0.15) is 18.8 Å². The van der Waals surface area contributed by atoms with E-state index in [1.54, 1.807) is 0 Å². The average Bonchev–Trinajstić information content (AvgIpc) is 2.44. The lowest BCUT2D eigenvalue weighted by Gasteiger charge is -2.03. The van der Waals surface area contributed by atoms with Crippen LogP contribution in [0.5, 0.6) is 0 Å². The SMILES string of the molecule is CC(N)c1nc(Br)c2cc(N)ccn12. The molecule has 0 fully saturated rings. The van der Waals surface area contributed by atoms with Gasteiger partial charge in [0.2, 0.25) is 0 Å². The van der Waals surface area contributed by atoms with E-state index < -0.39 is 0 Å². The van der Waals surface area contributed by atoms with Gasteiger partial charge in [-0.05, 0) is 35.0 Å². The fraction of sp³-hybridized carbons (Fsp3) is 0.222. The first-order valence-electron chi connectivity index (χ1n) is 4.28. The highest BCUT2D eigenvalue weighted by molar-refractivity contribution is 9.10. The molecule has 0 aromatic carbocycles. The fourth-order valence-electron chi connectivity index (χ4n) is 1.41. The molecule has 0 saturated heterocycles. The van der Waals surface area contributed by atoms with Crippen LogP contribution in [0.4, 0.5) is 5.69 Å². The van der Waals surface area contributed by atoms with Crippen LogP contribution in [0.25, 0.3) is 5.52 Å². The van der Waals surface area contributed by atoms with Crippen molar-refractivity contribution in [2.45, 2.75) is 13.0 Å². The molecule has 0 radical (unpaired) electrons. The van der Waals surface area contributed by atoms with E-state index in [9.17, 15) is 0 Å². The summed E-state index contributed by atoms with van der Waals surface area (Å²) in [7, 11) is 0. The van der Waals surface area contributed by atoms with Crippen LogP contribution in [-0.2, 0) is 0 Å². The number of hydrogen-bond acceptors (Lipinski definition) is 3. The Bertz CT molecular complexity index is 475. The van der Waals surface area contributed by atoms with Gasteiger partial charge in [0, 0.05) is 11.9 Å². The maximum Gasteiger partial charge on any atom is 0.132 e. The predicted octanol–water partition coefficient (Wildman–Crippen LogP) is 1.70. The number of aromatic nitrogens is 2. The van der Waals surface area contributed by atoms with Crippen molar-refractivity contribution in [1.82, 2.24) is 9.38 Å². The summed E-state index contributed by atoms with van der Waals surface area (Å²) in [6.45, 7) is 1.90. The van der Waals surface area contributed by atoms with Gasteiger partial charge in [-0.2, -0.15) is 0 Å². The van der Waals surface area contributed by atoms with Crippen LogP contribution in [0, 0.1) is 0 Å². The average molecular weight is 255 g/mol. The Morgan fingerprint density at radius 2 is 2.29 bits per heavy atom. The molecule has 2 aromatic rings. The van der Waals surface area contributed by atoms with E-state index in [0.717, 1.165) is 15.9 Å². The van der Waals surface area contributed by atoms with Gasteiger partial charge in [0.15, 0.2) is 0 Å². The number of rotatable bonds is 1. The van der Waals surface area contributed by atoms with Crippen LogP contribution >= 0.6 is 15.9 Å². The summed E-state index contributed by atoms with van der Waals surface area (Å²) in [4.78, 5) is 4.33. The third-order valence-electron chi connectivity index (χ3n) is 2.06. The summed E-state index contributed by atoms with van der Waals surface area (Å²) in [5, 5.41) is 0. The van der Waals surface area contributed by atoms with Gasteiger partial charge in [-0.1, -0.05) is 0 Å². The molecular formula is C9H11BrN4. The molecule has 4 nitrogen and oxygen atoms in total. The molecule has 14 heavy (non-hydrogen) atoms. The van der Waals surface area contributed by atoms with Crippen molar-refractivity contribution < 1.29 is 0 Å². The smallest absolute Gasteiger partial charge is 0.132 e. The summed E-state index contributed by atoms with van der Waals surface area (Å²) in [5.41, 5.74) is 13.1. The second-order valence-corrected chi connectivity index (χ2v) is 4.02.